The third-order valence-corrected chi connectivity index (χ3v) is 6.94. The topological polar surface area (TPSA) is 62.9 Å². The first kappa shape index (κ1) is 18.7. The first-order chi connectivity index (χ1) is 12.7. The van der Waals surface area contributed by atoms with Crippen LogP contribution in [0, 0.1) is 5.92 Å². The first-order valence-electron chi connectivity index (χ1n) is 11.1. The molecule has 0 bridgehead atoms. The minimum Gasteiger partial charge on any atom is -0.373 e. The molecular weight excluding hydrogens is 328 g/mol. The number of nitrogens with one attached hydrogen (secondary N) is 2. The summed E-state index contributed by atoms with van der Waals surface area (Å²) in [5.74, 6) is 0.376. The summed E-state index contributed by atoms with van der Waals surface area (Å²) < 4.78 is 12.3. The Morgan fingerprint density at radius 1 is 0.923 bits per heavy atom. The Balaban J connectivity index is 1.48. The van der Waals surface area contributed by atoms with E-state index in [0.29, 0.717) is 6.10 Å². The molecule has 1 amide bonds. The number of carbonyl (C=O) groups is 1. The van der Waals surface area contributed by atoms with Crippen LogP contribution in [0.25, 0.3) is 0 Å². The van der Waals surface area contributed by atoms with Gasteiger partial charge in [-0.25, -0.2) is 0 Å². The Bertz CT molecular complexity index is 482. The standard InChI is InChI=1S/C21H36N2O3/c24-19-21(12-13-22-15-17(21)14-18-16-25-18)26-20(23-19)10-8-6-4-2-1-3-5-7-9-11-20/h17-18,22H,1-16H2,(H,23,24). The summed E-state index contributed by atoms with van der Waals surface area (Å²) in [5.41, 5.74) is -1.05. The SMILES string of the molecule is O=C1NC2(CCCCCCCCCCC2)OC12CCNCC2CC1CO1. The van der Waals surface area contributed by atoms with Crippen molar-refractivity contribution in [3.8, 4) is 0 Å². The van der Waals surface area contributed by atoms with E-state index in [1.54, 1.807) is 0 Å². The second kappa shape index (κ2) is 8.15. The molecule has 0 aromatic carbocycles. The highest BCUT2D eigenvalue weighted by atomic mass is 16.6. The van der Waals surface area contributed by atoms with Crippen molar-refractivity contribution in [1.82, 2.24) is 10.6 Å². The molecule has 3 heterocycles. The predicted octanol–water partition coefficient (Wildman–Crippen LogP) is 3.27. The first-order valence-corrected chi connectivity index (χ1v) is 11.1. The van der Waals surface area contributed by atoms with Crippen LogP contribution in [0.15, 0.2) is 0 Å². The van der Waals surface area contributed by atoms with Gasteiger partial charge in [0.1, 0.15) is 5.72 Å². The highest BCUT2D eigenvalue weighted by Gasteiger charge is 2.59. The van der Waals surface area contributed by atoms with Crippen LogP contribution in [0.4, 0.5) is 0 Å². The van der Waals surface area contributed by atoms with Crippen molar-refractivity contribution in [2.45, 2.75) is 101 Å². The maximum absolute atomic E-state index is 13.2. The Hall–Kier alpha value is -0.650. The van der Waals surface area contributed by atoms with Gasteiger partial charge in [-0.15, -0.1) is 0 Å². The molecule has 0 aromatic heterocycles. The van der Waals surface area contributed by atoms with E-state index in [0.717, 1.165) is 58.2 Å². The van der Waals surface area contributed by atoms with Crippen LogP contribution in [-0.2, 0) is 14.3 Å². The van der Waals surface area contributed by atoms with Crippen molar-refractivity contribution >= 4 is 5.91 Å². The van der Waals surface area contributed by atoms with Crippen LogP contribution in [0.5, 0.6) is 0 Å². The van der Waals surface area contributed by atoms with Crippen LogP contribution in [0.2, 0.25) is 0 Å². The lowest BCUT2D eigenvalue weighted by molar-refractivity contribution is -0.165. The molecule has 4 aliphatic rings. The maximum Gasteiger partial charge on any atom is 0.254 e. The summed E-state index contributed by atoms with van der Waals surface area (Å²) in [7, 11) is 0. The van der Waals surface area contributed by atoms with Gasteiger partial charge in [0.15, 0.2) is 5.60 Å². The molecule has 1 saturated carbocycles. The molecule has 3 atom stereocenters. The second-order valence-electron chi connectivity index (χ2n) is 8.96. The van der Waals surface area contributed by atoms with Crippen molar-refractivity contribution in [1.29, 1.82) is 0 Å². The van der Waals surface area contributed by atoms with Gasteiger partial charge in [-0.2, -0.15) is 0 Å². The predicted molar refractivity (Wildman–Crippen MR) is 101 cm³/mol. The van der Waals surface area contributed by atoms with E-state index in [4.69, 9.17) is 9.47 Å². The van der Waals surface area contributed by atoms with E-state index in [1.165, 1.54) is 44.9 Å². The third kappa shape index (κ3) is 4.10. The summed E-state index contributed by atoms with van der Waals surface area (Å²) in [4.78, 5) is 13.2. The zero-order valence-corrected chi connectivity index (χ0v) is 16.2. The molecule has 3 aliphatic heterocycles. The van der Waals surface area contributed by atoms with Crippen molar-refractivity contribution < 1.29 is 14.3 Å². The van der Waals surface area contributed by atoms with Gasteiger partial charge < -0.3 is 20.1 Å². The van der Waals surface area contributed by atoms with Crippen LogP contribution in [0.1, 0.15) is 83.5 Å². The molecule has 1 aliphatic carbocycles. The molecule has 3 saturated heterocycles. The lowest BCUT2D eigenvalue weighted by Gasteiger charge is -2.41. The number of carbonyl (C=O) groups excluding carboxylic acids is 1. The summed E-state index contributed by atoms with van der Waals surface area (Å²) in [5, 5.41) is 6.85. The Kier molecular flexibility index (Phi) is 5.87. The van der Waals surface area contributed by atoms with Gasteiger partial charge >= 0.3 is 0 Å². The summed E-state index contributed by atoms with van der Waals surface area (Å²) >= 11 is 0. The van der Waals surface area contributed by atoms with Crippen molar-refractivity contribution in [3.05, 3.63) is 0 Å². The average Bonchev–Trinajstić information content (AvgIpc) is 3.39. The molecule has 3 unspecified atom stereocenters. The van der Waals surface area contributed by atoms with E-state index in [2.05, 4.69) is 10.6 Å². The van der Waals surface area contributed by atoms with Crippen molar-refractivity contribution in [2.24, 2.45) is 5.92 Å². The van der Waals surface area contributed by atoms with Gasteiger partial charge in [0, 0.05) is 12.5 Å². The van der Waals surface area contributed by atoms with Gasteiger partial charge in [0.05, 0.1) is 12.7 Å². The second-order valence-corrected chi connectivity index (χ2v) is 8.96. The number of epoxide rings is 1. The number of hydrogen-bond acceptors (Lipinski definition) is 4. The minimum atomic E-state index is -0.631. The average molecular weight is 365 g/mol. The molecule has 2 N–H and O–H groups in total. The van der Waals surface area contributed by atoms with Crippen molar-refractivity contribution in [2.75, 3.05) is 19.7 Å². The number of piperidine rings is 1. The van der Waals surface area contributed by atoms with E-state index in [-0.39, 0.29) is 11.8 Å². The lowest BCUT2D eigenvalue weighted by Crippen LogP contribution is -2.55. The third-order valence-electron chi connectivity index (χ3n) is 6.94. The lowest BCUT2D eigenvalue weighted by atomic mass is 9.78. The van der Waals surface area contributed by atoms with Crippen LogP contribution in [0.3, 0.4) is 0 Å². The van der Waals surface area contributed by atoms with E-state index < -0.39 is 11.3 Å². The normalized spacial score (nSPS) is 38.5. The molecule has 26 heavy (non-hydrogen) atoms. The Morgan fingerprint density at radius 2 is 1.54 bits per heavy atom. The number of ether oxygens (including phenoxy) is 2. The summed E-state index contributed by atoms with van der Waals surface area (Å²) in [6, 6.07) is 0. The quantitative estimate of drug-likeness (QED) is 0.738. The smallest absolute Gasteiger partial charge is 0.254 e. The molecule has 0 radical (unpaired) electrons. The van der Waals surface area contributed by atoms with Crippen LogP contribution >= 0.6 is 0 Å². The fraction of sp³-hybridized carbons (Fsp3) is 0.952. The van der Waals surface area contributed by atoms with Gasteiger partial charge in [-0.05, 0) is 45.1 Å². The highest BCUT2D eigenvalue weighted by Crippen LogP contribution is 2.44. The van der Waals surface area contributed by atoms with Crippen LogP contribution < -0.4 is 10.6 Å². The molecule has 2 spiro atoms. The van der Waals surface area contributed by atoms with E-state index >= 15 is 0 Å². The fourth-order valence-electron chi connectivity index (χ4n) is 5.29. The van der Waals surface area contributed by atoms with E-state index in [9.17, 15) is 4.79 Å². The monoisotopic (exact) mass is 364 g/mol. The molecule has 148 valence electrons. The molecular formula is C21H36N2O3. The molecule has 5 heteroatoms. The summed E-state index contributed by atoms with van der Waals surface area (Å²) in [6.45, 7) is 2.58. The van der Waals surface area contributed by atoms with Crippen LogP contribution in [-0.4, -0.2) is 43.0 Å². The Labute approximate surface area is 158 Å². The van der Waals surface area contributed by atoms with Gasteiger partial charge in [0.2, 0.25) is 0 Å². The number of rotatable bonds is 2. The Morgan fingerprint density at radius 3 is 2.15 bits per heavy atom. The molecule has 5 nitrogen and oxygen atoms in total. The fourth-order valence-corrected chi connectivity index (χ4v) is 5.29. The number of amides is 1. The van der Waals surface area contributed by atoms with Gasteiger partial charge in [-0.3, -0.25) is 4.79 Å². The molecule has 4 fully saturated rings. The zero-order valence-electron chi connectivity index (χ0n) is 16.2. The van der Waals surface area contributed by atoms with Crippen molar-refractivity contribution in [3.63, 3.8) is 0 Å². The minimum absolute atomic E-state index is 0.150. The number of hydrogen-bond donors (Lipinski definition) is 2. The van der Waals surface area contributed by atoms with Gasteiger partial charge in [0.25, 0.3) is 5.91 Å². The molecule has 0 aromatic rings. The van der Waals surface area contributed by atoms with Gasteiger partial charge in [-0.1, -0.05) is 44.9 Å². The maximum atomic E-state index is 13.2. The zero-order chi connectivity index (χ0) is 17.9. The largest absolute Gasteiger partial charge is 0.373 e. The summed E-state index contributed by atoms with van der Waals surface area (Å²) in [6.07, 6.45) is 15.6. The molecule has 4 rings (SSSR count). The van der Waals surface area contributed by atoms with E-state index in [1.807, 2.05) is 0 Å². The highest BCUT2D eigenvalue weighted by molar-refractivity contribution is 5.88.